The number of benzene rings is 2. The van der Waals surface area contributed by atoms with E-state index in [0.29, 0.717) is 22.8 Å². The standard InChI is InChI=1S/C24H26ClFN2O3S/c1-2-11-28-16-23(32(30,31)18-9-7-17(25)8-10-18)24(29)19-14-20(26)22(15-21(19)28)27-12-5-3-4-6-13-27/h7-10,14-16H,2-6,11-13H2,1H3. The summed E-state index contributed by atoms with van der Waals surface area (Å²) in [6, 6.07) is 8.57. The van der Waals surface area contributed by atoms with Gasteiger partial charge in [0.25, 0.3) is 0 Å². The molecule has 0 saturated carbocycles. The van der Waals surface area contributed by atoms with E-state index in [4.69, 9.17) is 11.6 Å². The van der Waals surface area contributed by atoms with E-state index >= 15 is 4.39 Å². The van der Waals surface area contributed by atoms with Crippen LogP contribution in [0.3, 0.4) is 0 Å². The molecular formula is C24H26ClFN2O3S. The molecule has 2 aromatic carbocycles. The Morgan fingerprint density at radius 3 is 2.31 bits per heavy atom. The second-order valence-corrected chi connectivity index (χ2v) is 10.5. The molecule has 4 rings (SSSR count). The third-order valence-corrected chi connectivity index (χ3v) is 7.96. The fourth-order valence-electron chi connectivity index (χ4n) is 4.28. The zero-order valence-corrected chi connectivity index (χ0v) is 19.6. The number of aromatic nitrogens is 1. The maximum atomic E-state index is 15.2. The van der Waals surface area contributed by atoms with Crippen LogP contribution in [0.1, 0.15) is 39.0 Å². The Balaban J connectivity index is 1.92. The molecule has 0 radical (unpaired) electrons. The summed E-state index contributed by atoms with van der Waals surface area (Å²) in [5.41, 5.74) is 0.327. The monoisotopic (exact) mass is 476 g/mol. The first-order valence-electron chi connectivity index (χ1n) is 10.9. The zero-order chi connectivity index (χ0) is 22.9. The lowest BCUT2D eigenvalue weighted by Gasteiger charge is -2.24. The van der Waals surface area contributed by atoms with Crippen molar-refractivity contribution in [2.75, 3.05) is 18.0 Å². The first-order chi connectivity index (χ1) is 15.3. The molecule has 0 N–H and O–H groups in total. The first-order valence-corrected chi connectivity index (χ1v) is 12.8. The van der Waals surface area contributed by atoms with Gasteiger partial charge in [-0.2, -0.15) is 0 Å². The van der Waals surface area contributed by atoms with Gasteiger partial charge >= 0.3 is 0 Å². The zero-order valence-electron chi connectivity index (χ0n) is 18.0. The summed E-state index contributed by atoms with van der Waals surface area (Å²) in [7, 11) is -4.09. The molecule has 0 bridgehead atoms. The van der Waals surface area contributed by atoms with E-state index in [2.05, 4.69) is 0 Å². The number of rotatable bonds is 5. The van der Waals surface area contributed by atoms with Crippen molar-refractivity contribution in [3.63, 3.8) is 0 Å². The van der Waals surface area contributed by atoms with Gasteiger partial charge in [0, 0.05) is 30.9 Å². The summed E-state index contributed by atoms with van der Waals surface area (Å²) >= 11 is 5.88. The normalized spacial score (nSPS) is 15.2. The van der Waals surface area contributed by atoms with Crippen LogP contribution in [0.4, 0.5) is 10.1 Å². The van der Waals surface area contributed by atoms with Gasteiger partial charge in [-0.05, 0) is 55.7 Å². The Morgan fingerprint density at radius 2 is 1.69 bits per heavy atom. The van der Waals surface area contributed by atoms with Crippen LogP contribution in [0, 0.1) is 5.82 Å². The van der Waals surface area contributed by atoms with Crippen molar-refractivity contribution in [1.82, 2.24) is 4.57 Å². The predicted octanol–water partition coefficient (Wildman–Crippen LogP) is 5.42. The fourth-order valence-corrected chi connectivity index (χ4v) is 5.78. The molecular weight excluding hydrogens is 451 g/mol. The van der Waals surface area contributed by atoms with Crippen LogP contribution in [0.15, 0.2) is 57.2 Å². The molecule has 0 aliphatic carbocycles. The van der Waals surface area contributed by atoms with Gasteiger partial charge in [-0.15, -0.1) is 0 Å². The molecule has 2 heterocycles. The topological polar surface area (TPSA) is 59.4 Å². The van der Waals surface area contributed by atoms with E-state index in [1.807, 2.05) is 11.8 Å². The highest BCUT2D eigenvalue weighted by Crippen LogP contribution is 2.29. The third kappa shape index (κ3) is 4.28. The maximum absolute atomic E-state index is 15.2. The Kier molecular flexibility index (Phi) is 6.58. The summed E-state index contributed by atoms with van der Waals surface area (Å²) in [5.74, 6) is -0.499. The quantitative estimate of drug-likeness (QED) is 0.493. The first kappa shape index (κ1) is 22.8. The third-order valence-electron chi connectivity index (χ3n) is 5.94. The summed E-state index contributed by atoms with van der Waals surface area (Å²) in [4.78, 5) is 14.9. The van der Waals surface area contributed by atoms with Gasteiger partial charge in [0.15, 0.2) is 0 Å². The minimum Gasteiger partial charge on any atom is -0.369 e. The summed E-state index contributed by atoms with van der Waals surface area (Å²) in [5, 5.41) is 0.471. The number of hydrogen-bond acceptors (Lipinski definition) is 4. The van der Waals surface area contributed by atoms with Crippen molar-refractivity contribution in [2.45, 2.75) is 55.4 Å². The highest BCUT2D eigenvalue weighted by atomic mass is 35.5. The molecule has 8 heteroatoms. The highest BCUT2D eigenvalue weighted by molar-refractivity contribution is 7.91. The predicted molar refractivity (Wildman–Crippen MR) is 126 cm³/mol. The molecule has 170 valence electrons. The van der Waals surface area contributed by atoms with E-state index in [0.717, 1.165) is 45.2 Å². The highest BCUT2D eigenvalue weighted by Gasteiger charge is 2.25. The number of nitrogens with zero attached hydrogens (tertiary/aromatic N) is 2. The number of halogens is 2. The van der Waals surface area contributed by atoms with Gasteiger partial charge in [0.2, 0.25) is 15.3 Å². The number of hydrogen-bond donors (Lipinski definition) is 0. The van der Waals surface area contributed by atoms with Crippen LogP contribution in [-0.4, -0.2) is 26.1 Å². The van der Waals surface area contributed by atoms with Crippen molar-refractivity contribution in [2.24, 2.45) is 0 Å². The lowest BCUT2D eigenvalue weighted by atomic mass is 10.1. The SMILES string of the molecule is CCCn1cc(S(=O)(=O)c2ccc(Cl)cc2)c(=O)c2cc(F)c(N3CCCCCC3)cc21. The van der Waals surface area contributed by atoms with Crippen LogP contribution < -0.4 is 10.3 Å². The van der Waals surface area contributed by atoms with Crippen LogP contribution >= 0.6 is 11.6 Å². The fraction of sp³-hybridized carbons (Fsp3) is 0.375. The minimum absolute atomic E-state index is 0.0249. The molecule has 1 aliphatic heterocycles. The molecule has 32 heavy (non-hydrogen) atoms. The summed E-state index contributed by atoms with van der Waals surface area (Å²) in [6.45, 7) is 4.01. The number of fused-ring (bicyclic) bond motifs is 1. The Morgan fingerprint density at radius 1 is 1.03 bits per heavy atom. The second-order valence-electron chi connectivity index (χ2n) is 8.20. The van der Waals surface area contributed by atoms with Crippen LogP contribution in [0.25, 0.3) is 10.9 Å². The van der Waals surface area contributed by atoms with Crippen molar-refractivity contribution in [3.05, 3.63) is 63.7 Å². The van der Waals surface area contributed by atoms with Crippen molar-refractivity contribution in [1.29, 1.82) is 0 Å². The molecule has 0 spiro atoms. The van der Waals surface area contributed by atoms with Crippen LogP contribution in [0.5, 0.6) is 0 Å². The number of anilines is 1. The Bertz CT molecular complexity index is 1300. The van der Waals surface area contributed by atoms with Gasteiger partial charge in [0.1, 0.15) is 10.7 Å². The van der Waals surface area contributed by atoms with Crippen molar-refractivity contribution in [3.8, 4) is 0 Å². The van der Waals surface area contributed by atoms with Crippen molar-refractivity contribution >= 4 is 38.0 Å². The van der Waals surface area contributed by atoms with E-state index in [1.54, 1.807) is 10.6 Å². The molecule has 1 aromatic heterocycles. The van der Waals surface area contributed by atoms with E-state index in [-0.39, 0.29) is 15.2 Å². The number of aryl methyl sites for hydroxylation is 1. The van der Waals surface area contributed by atoms with Gasteiger partial charge < -0.3 is 9.47 Å². The molecule has 1 saturated heterocycles. The van der Waals surface area contributed by atoms with E-state index < -0.39 is 21.1 Å². The number of sulfone groups is 1. The van der Waals surface area contributed by atoms with E-state index in [9.17, 15) is 13.2 Å². The summed E-state index contributed by atoms with van der Waals surface area (Å²) in [6.07, 6.45) is 6.36. The summed E-state index contributed by atoms with van der Waals surface area (Å²) < 4.78 is 43.4. The average Bonchev–Trinajstić information content (AvgIpc) is 3.05. The molecule has 0 unspecified atom stereocenters. The van der Waals surface area contributed by atoms with Crippen LogP contribution in [-0.2, 0) is 16.4 Å². The van der Waals surface area contributed by atoms with Crippen LogP contribution in [0.2, 0.25) is 5.02 Å². The number of pyridine rings is 1. The molecule has 1 fully saturated rings. The molecule has 0 atom stereocenters. The van der Waals surface area contributed by atoms with E-state index in [1.165, 1.54) is 36.5 Å². The Hall–Kier alpha value is -2.38. The molecule has 0 amide bonds. The largest absolute Gasteiger partial charge is 0.369 e. The van der Waals surface area contributed by atoms with Gasteiger partial charge in [-0.25, -0.2) is 12.8 Å². The molecule has 5 nitrogen and oxygen atoms in total. The lowest BCUT2D eigenvalue weighted by Crippen LogP contribution is -2.26. The van der Waals surface area contributed by atoms with Gasteiger partial charge in [0.05, 0.1) is 21.5 Å². The van der Waals surface area contributed by atoms with Gasteiger partial charge in [-0.3, -0.25) is 4.79 Å². The molecule has 1 aliphatic rings. The maximum Gasteiger partial charge on any atom is 0.211 e. The van der Waals surface area contributed by atoms with Gasteiger partial charge in [-0.1, -0.05) is 31.4 Å². The lowest BCUT2D eigenvalue weighted by molar-refractivity contribution is 0.592. The minimum atomic E-state index is -4.09. The second kappa shape index (κ2) is 9.24. The smallest absolute Gasteiger partial charge is 0.211 e. The van der Waals surface area contributed by atoms with Crippen molar-refractivity contribution < 1.29 is 12.8 Å². The average molecular weight is 477 g/mol. The molecule has 3 aromatic rings. The Labute approximate surface area is 192 Å².